The molecule has 0 bridgehead atoms. The van der Waals surface area contributed by atoms with Crippen LogP contribution in [-0.2, 0) is 4.79 Å². The van der Waals surface area contributed by atoms with Crippen molar-refractivity contribution in [2.45, 2.75) is 13.8 Å². The number of aromatic amines is 1. The standard InChI is InChI=1S/C31H26N4O2/c1-4-29(36)34-25-7-5-6-23(15-25)24-16-26-27(18-33-30(26)32-17-24)21-9-11-22(12-10-21)31(37)35-28-13-8-19(2)14-20(28)3/h4-18H,1H2,2-3H3,(H,32,33)(H,34,36)(H,35,37). The van der Waals surface area contributed by atoms with Gasteiger partial charge in [0.15, 0.2) is 0 Å². The van der Waals surface area contributed by atoms with Crippen LogP contribution in [0.4, 0.5) is 11.4 Å². The zero-order valence-corrected chi connectivity index (χ0v) is 20.6. The van der Waals surface area contributed by atoms with Crippen molar-refractivity contribution in [2.24, 2.45) is 0 Å². The SMILES string of the molecule is C=CC(=O)Nc1cccc(-c2cnc3[nH]cc(-c4ccc(C(=O)Nc5ccc(C)cc5C)cc4)c3c2)c1. The lowest BCUT2D eigenvalue weighted by Crippen LogP contribution is -2.12. The number of rotatable bonds is 6. The van der Waals surface area contributed by atoms with Gasteiger partial charge in [-0.25, -0.2) is 4.98 Å². The van der Waals surface area contributed by atoms with Crippen LogP contribution in [0.3, 0.4) is 0 Å². The Kier molecular flexibility index (Phi) is 6.39. The molecule has 0 unspecified atom stereocenters. The van der Waals surface area contributed by atoms with Crippen molar-refractivity contribution in [2.75, 3.05) is 10.6 Å². The van der Waals surface area contributed by atoms with Crippen LogP contribution in [0.25, 0.3) is 33.3 Å². The fourth-order valence-electron chi connectivity index (χ4n) is 4.32. The van der Waals surface area contributed by atoms with Gasteiger partial charge < -0.3 is 15.6 Å². The van der Waals surface area contributed by atoms with Crippen molar-refractivity contribution in [3.8, 4) is 22.3 Å². The van der Waals surface area contributed by atoms with E-state index in [1.54, 1.807) is 6.20 Å². The van der Waals surface area contributed by atoms with Crippen LogP contribution in [0.1, 0.15) is 21.5 Å². The van der Waals surface area contributed by atoms with Gasteiger partial charge in [0.1, 0.15) is 5.65 Å². The number of amides is 2. The van der Waals surface area contributed by atoms with Crippen LogP contribution in [0.15, 0.2) is 97.8 Å². The van der Waals surface area contributed by atoms with Crippen molar-refractivity contribution < 1.29 is 9.59 Å². The quantitative estimate of drug-likeness (QED) is 0.228. The minimum Gasteiger partial charge on any atom is -0.346 e. The normalized spacial score (nSPS) is 10.8. The third-order valence-corrected chi connectivity index (χ3v) is 6.27. The smallest absolute Gasteiger partial charge is 0.255 e. The van der Waals surface area contributed by atoms with Crippen molar-refractivity contribution in [3.63, 3.8) is 0 Å². The van der Waals surface area contributed by atoms with Gasteiger partial charge in [-0.05, 0) is 73.0 Å². The Bertz CT molecular complexity index is 1650. The summed E-state index contributed by atoms with van der Waals surface area (Å²) in [6, 6.07) is 23.2. The molecule has 2 heterocycles. The topological polar surface area (TPSA) is 86.9 Å². The van der Waals surface area contributed by atoms with Crippen LogP contribution in [-0.4, -0.2) is 21.8 Å². The van der Waals surface area contributed by atoms with Crippen LogP contribution < -0.4 is 10.6 Å². The van der Waals surface area contributed by atoms with Crippen LogP contribution >= 0.6 is 0 Å². The number of aryl methyl sites for hydroxylation is 2. The molecule has 0 aliphatic carbocycles. The van der Waals surface area contributed by atoms with Crippen molar-refractivity contribution in [1.29, 1.82) is 0 Å². The first kappa shape index (κ1) is 23.8. The third-order valence-electron chi connectivity index (χ3n) is 6.27. The summed E-state index contributed by atoms with van der Waals surface area (Å²) >= 11 is 0. The van der Waals surface area contributed by atoms with Crippen LogP contribution in [0.5, 0.6) is 0 Å². The van der Waals surface area contributed by atoms with E-state index >= 15 is 0 Å². The van der Waals surface area contributed by atoms with E-state index in [-0.39, 0.29) is 11.8 Å². The lowest BCUT2D eigenvalue weighted by Gasteiger charge is -2.10. The highest BCUT2D eigenvalue weighted by Gasteiger charge is 2.12. The summed E-state index contributed by atoms with van der Waals surface area (Å²) in [5.74, 6) is -0.408. The second-order valence-electron chi connectivity index (χ2n) is 8.95. The van der Waals surface area contributed by atoms with Gasteiger partial charge in [0.25, 0.3) is 5.91 Å². The molecule has 0 aliphatic heterocycles. The molecule has 2 amide bonds. The first-order valence-corrected chi connectivity index (χ1v) is 11.9. The number of nitrogens with one attached hydrogen (secondary N) is 3. The largest absolute Gasteiger partial charge is 0.346 e. The summed E-state index contributed by atoms with van der Waals surface area (Å²) in [4.78, 5) is 32.3. The molecule has 2 aromatic heterocycles. The molecule has 37 heavy (non-hydrogen) atoms. The first-order valence-electron chi connectivity index (χ1n) is 11.9. The highest BCUT2D eigenvalue weighted by atomic mass is 16.2. The van der Waals surface area contributed by atoms with Gasteiger partial charge in [-0.3, -0.25) is 9.59 Å². The molecular weight excluding hydrogens is 460 g/mol. The van der Waals surface area contributed by atoms with E-state index in [1.165, 1.54) is 6.08 Å². The number of anilines is 2. The second kappa shape index (κ2) is 9.95. The number of carbonyl (C=O) groups excluding carboxylic acids is 2. The molecule has 0 radical (unpaired) electrons. The summed E-state index contributed by atoms with van der Waals surface area (Å²) in [6.45, 7) is 7.51. The number of fused-ring (bicyclic) bond motifs is 1. The summed E-state index contributed by atoms with van der Waals surface area (Å²) in [7, 11) is 0. The lowest BCUT2D eigenvalue weighted by molar-refractivity contribution is -0.111. The molecule has 5 rings (SSSR count). The number of hydrogen-bond donors (Lipinski definition) is 3. The Morgan fingerprint density at radius 1 is 0.892 bits per heavy atom. The third kappa shape index (κ3) is 5.04. The first-order chi connectivity index (χ1) is 17.9. The number of nitrogens with zero attached hydrogens (tertiary/aromatic N) is 1. The zero-order valence-electron chi connectivity index (χ0n) is 20.6. The van der Waals surface area contributed by atoms with E-state index in [0.717, 1.165) is 50.1 Å². The molecule has 0 aliphatic rings. The highest BCUT2D eigenvalue weighted by molar-refractivity contribution is 6.05. The predicted molar refractivity (Wildman–Crippen MR) is 150 cm³/mol. The molecular formula is C31H26N4O2. The summed E-state index contributed by atoms with van der Waals surface area (Å²) < 4.78 is 0. The summed E-state index contributed by atoms with van der Waals surface area (Å²) in [5, 5.41) is 6.75. The Morgan fingerprint density at radius 3 is 2.46 bits per heavy atom. The number of hydrogen-bond acceptors (Lipinski definition) is 3. The minimum atomic E-state index is -0.259. The van der Waals surface area contributed by atoms with E-state index in [2.05, 4.69) is 33.2 Å². The minimum absolute atomic E-state index is 0.148. The molecule has 0 atom stereocenters. The van der Waals surface area contributed by atoms with Gasteiger partial charge >= 0.3 is 0 Å². The molecule has 3 N–H and O–H groups in total. The van der Waals surface area contributed by atoms with Crippen molar-refractivity contribution in [3.05, 3.63) is 115 Å². The molecule has 5 aromatic rings. The van der Waals surface area contributed by atoms with Gasteiger partial charge in [-0.1, -0.05) is 48.5 Å². The number of H-pyrrole nitrogens is 1. The fourth-order valence-corrected chi connectivity index (χ4v) is 4.32. The molecule has 0 saturated carbocycles. The fraction of sp³-hybridized carbons (Fsp3) is 0.0645. The monoisotopic (exact) mass is 486 g/mol. The molecule has 3 aromatic carbocycles. The Labute approximate surface area is 215 Å². The molecule has 6 heteroatoms. The average Bonchev–Trinajstić information content (AvgIpc) is 3.34. The highest BCUT2D eigenvalue weighted by Crippen LogP contribution is 2.32. The van der Waals surface area contributed by atoms with E-state index in [9.17, 15) is 9.59 Å². The molecule has 182 valence electrons. The van der Waals surface area contributed by atoms with Crippen LogP contribution in [0, 0.1) is 13.8 Å². The number of benzene rings is 3. The number of aromatic nitrogens is 2. The zero-order chi connectivity index (χ0) is 25.9. The van der Waals surface area contributed by atoms with Gasteiger partial charge in [-0.15, -0.1) is 0 Å². The molecule has 0 saturated heterocycles. The number of pyridine rings is 1. The van der Waals surface area contributed by atoms with Gasteiger partial charge in [-0.2, -0.15) is 0 Å². The summed E-state index contributed by atoms with van der Waals surface area (Å²) in [5.41, 5.74) is 8.85. The van der Waals surface area contributed by atoms with E-state index < -0.39 is 0 Å². The van der Waals surface area contributed by atoms with Crippen LogP contribution in [0.2, 0.25) is 0 Å². The van der Waals surface area contributed by atoms with Gasteiger partial charge in [0.2, 0.25) is 5.91 Å². The lowest BCUT2D eigenvalue weighted by atomic mass is 10.0. The Morgan fingerprint density at radius 2 is 1.70 bits per heavy atom. The Balaban J connectivity index is 1.41. The predicted octanol–water partition coefficient (Wildman–Crippen LogP) is 6.89. The maximum absolute atomic E-state index is 12.8. The Hall–Kier alpha value is -4.97. The molecule has 6 nitrogen and oxygen atoms in total. The molecule has 0 fully saturated rings. The summed E-state index contributed by atoms with van der Waals surface area (Å²) in [6.07, 6.45) is 4.97. The number of carbonyl (C=O) groups is 2. The van der Waals surface area contributed by atoms with Crippen molar-refractivity contribution in [1.82, 2.24) is 9.97 Å². The van der Waals surface area contributed by atoms with Crippen molar-refractivity contribution >= 4 is 34.2 Å². The second-order valence-corrected chi connectivity index (χ2v) is 8.95. The van der Waals surface area contributed by atoms with Gasteiger partial charge in [0, 0.05) is 45.8 Å². The molecule has 0 spiro atoms. The average molecular weight is 487 g/mol. The maximum Gasteiger partial charge on any atom is 0.255 e. The van der Waals surface area contributed by atoms with E-state index in [4.69, 9.17) is 0 Å². The van der Waals surface area contributed by atoms with E-state index in [1.807, 2.05) is 86.8 Å². The maximum atomic E-state index is 12.8. The van der Waals surface area contributed by atoms with E-state index in [0.29, 0.717) is 11.3 Å². The van der Waals surface area contributed by atoms with Gasteiger partial charge in [0.05, 0.1) is 0 Å².